The summed E-state index contributed by atoms with van der Waals surface area (Å²) in [5, 5.41) is 0. The molecule has 0 bridgehead atoms. The van der Waals surface area contributed by atoms with Gasteiger partial charge in [-0.25, -0.2) is 4.79 Å². The summed E-state index contributed by atoms with van der Waals surface area (Å²) in [6.07, 6.45) is 3.50. The highest BCUT2D eigenvalue weighted by atomic mass is 16.6. The summed E-state index contributed by atoms with van der Waals surface area (Å²) in [7, 11) is 0. The molecular weight excluding hydrogens is 302 g/mol. The van der Waals surface area contributed by atoms with E-state index in [2.05, 4.69) is 13.2 Å². The Morgan fingerprint density at radius 2 is 1.96 bits per heavy atom. The summed E-state index contributed by atoms with van der Waals surface area (Å²) in [6.45, 7) is 12.4. The fourth-order valence-electron chi connectivity index (χ4n) is 1.98. The van der Waals surface area contributed by atoms with Gasteiger partial charge in [0.15, 0.2) is 0 Å². The molecule has 2 saturated heterocycles. The second kappa shape index (κ2) is 11.8. The molecule has 1 radical (unpaired) electrons. The standard InChI is InChI=1S/C9H14O3.C7H11NO2.HO/c1-7(2)9(10)12-6-8-4-3-5-11-8;1-2-7(9)8-3-5-10-6-4-8;/h8H,1,3-6H2,2H3;2H,1,3-6H2;1H. The van der Waals surface area contributed by atoms with E-state index in [1.165, 1.54) is 6.08 Å². The molecule has 1 N–H and O–H groups in total. The minimum absolute atomic E-state index is 0. The summed E-state index contributed by atoms with van der Waals surface area (Å²) in [6, 6.07) is 0. The number of ether oxygens (including phenoxy) is 3. The zero-order valence-corrected chi connectivity index (χ0v) is 13.7. The van der Waals surface area contributed by atoms with Crippen molar-refractivity contribution in [2.45, 2.75) is 25.9 Å². The largest absolute Gasteiger partial charge is 0.460 e. The van der Waals surface area contributed by atoms with Crippen LogP contribution in [0.2, 0.25) is 0 Å². The van der Waals surface area contributed by atoms with Gasteiger partial charge in [0, 0.05) is 25.3 Å². The molecule has 0 aliphatic carbocycles. The van der Waals surface area contributed by atoms with E-state index >= 15 is 0 Å². The molecule has 0 aromatic heterocycles. The van der Waals surface area contributed by atoms with Gasteiger partial charge in [0.05, 0.1) is 19.3 Å². The predicted octanol–water partition coefficient (Wildman–Crippen LogP) is 1.14. The van der Waals surface area contributed by atoms with Crippen LogP contribution in [-0.2, 0) is 23.8 Å². The molecule has 7 nitrogen and oxygen atoms in total. The molecule has 2 rings (SSSR count). The van der Waals surface area contributed by atoms with Gasteiger partial charge in [-0.1, -0.05) is 13.2 Å². The third kappa shape index (κ3) is 8.49. The van der Waals surface area contributed by atoms with Gasteiger partial charge in [-0.3, -0.25) is 10.3 Å². The van der Waals surface area contributed by atoms with Crippen LogP contribution in [0.5, 0.6) is 0 Å². The van der Waals surface area contributed by atoms with Crippen LogP contribution >= 0.6 is 0 Å². The Labute approximate surface area is 137 Å². The van der Waals surface area contributed by atoms with Crippen LogP contribution in [0.25, 0.3) is 0 Å². The molecule has 0 aromatic carbocycles. The number of carbonyl (C=O) groups is 2. The lowest BCUT2D eigenvalue weighted by atomic mass is 10.2. The number of hydrogen-bond donors (Lipinski definition) is 1. The summed E-state index contributed by atoms with van der Waals surface area (Å²) in [5.41, 5.74) is 0.438. The fourth-order valence-corrected chi connectivity index (χ4v) is 1.98. The van der Waals surface area contributed by atoms with Crippen LogP contribution in [0.15, 0.2) is 24.8 Å². The molecule has 7 heteroatoms. The first-order valence-corrected chi connectivity index (χ1v) is 7.48. The van der Waals surface area contributed by atoms with Gasteiger partial charge < -0.3 is 19.1 Å². The van der Waals surface area contributed by atoms with E-state index in [1.807, 2.05) is 0 Å². The highest BCUT2D eigenvalue weighted by Gasteiger charge is 2.17. The van der Waals surface area contributed by atoms with Crippen LogP contribution < -0.4 is 0 Å². The maximum Gasteiger partial charge on any atom is 0.333 e. The van der Waals surface area contributed by atoms with Crippen molar-refractivity contribution in [2.24, 2.45) is 0 Å². The molecule has 0 spiro atoms. The Hall–Kier alpha value is -1.70. The Morgan fingerprint density at radius 3 is 2.43 bits per heavy atom. The molecule has 1 unspecified atom stereocenters. The first-order chi connectivity index (χ1) is 10.5. The van der Waals surface area contributed by atoms with Crippen LogP contribution in [-0.4, -0.2) is 67.9 Å². The predicted molar refractivity (Wildman–Crippen MR) is 84.3 cm³/mol. The van der Waals surface area contributed by atoms with Gasteiger partial charge >= 0.3 is 5.97 Å². The van der Waals surface area contributed by atoms with Crippen LogP contribution in [0.3, 0.4) is 0 Å². The smallest absolute Gasteiger partial charge is 0.333 e. The Balaban J connectivity index is 0.000000409. The Morgan fingerprint density at radius 1 is 1.30 bits per heavy atom. The molecular formula is C16H26NO6. The van der Waals surface area contributed by atoms with Gasteiger partial charge in [-0.05, 0) is 25.8 Å². The number of rotatable bonds is 4. The minimum Gasteiger partial charge on any atom is -0.460 e. The van der Waals surface area contributed by atoms with E-state index < -0.39 is 0 Å². The maximum absolute atomic E-state index is 10.9. The number of esters is 1. The SMILES string of the molecule is C=C(C)C(=O)OCC1CCCO1.C=CC(=O)N1CCOCC1.[OH]. The second-order valence-electron chi connectivity index (χ2n) is 5.16. The summed E-state index contributed by atoms with van der Waals surface area (Å²) in [4.78, 5) is 23.6. The monoisotopic (exact) mass is 328 g/mol. The first-order valence-electron chi connectivity index (χ1n) is 7.48. The molecule has 1 amide bonds. The normalized spacial score (nSPS) is 19.7. The highest BCUT2D eigenvalue weighted by molar-refractivity contribution is 5.87. The topological polar surface area (TPSA) is 95.1 Å². The lowest BCUT2D eigenvalue weighted by Gasteiger charge is -2.25. The maximum atomic E-state index is 10.9. The number of morpholine rings is 1. The van der Waals surface area contributed by atoms with Gasteiger partial charge in [0.2, 0.25) is 5.91 Å². The average molecular weight is 328 g/mol. The minimum atomic E-state index is -0.328. The van der Waals surface area contributed by atoms with Crippen molar-refractivity contribution >= 4 is 11.9 Å². The third-order valence-electron chi connectivity index (χ3n) is 3.27. The van der Waals surface area contributed by atoms with Crippen LogP contribution in [0.4, 0.5) is 0 Å². The third-order valence-corrected chi connectivity index (χ3v) is 3.27. The zero-order chi connectivity index (χ0) is 16.4. The van der Waals surface area contributed by atoms with Crippen molar-refractivity contribution in [1.82, 2.24) is 4.90 Å². The zero-order valence-electron chi connectivity index (χ0n) is 13.7. The summed E-state index contributed by atoms with van der Waals surface area (Å²) in [5.74, 6) is -0.325. The molecule has 2 heterocycles. The molecule has 2 aliphatic rings. The summed E-state index contributed by atoms with van der Waals surface area (Å²) < 4.78 is 15.3. The summed E-state index contributed by atoms with van der Waals surface area (Å²) >= 11 is 0. The fraction of sp³-hybridized carbons (Fsp3) is 0.625. The number of amides is 1. The van der Waals surface area contributed by atoms with E-state index in [4.69, 9.17) is 14.2 Å². The number of carbonyl (C=O) groups excluding carboxylic acids is 2. The molecule has 0 aromatic rings. The second-order valence-corrected chi connectivity index (χ2v) is 5.16. The van der Waals surface area contributed by atoms with E-state index in [0.717, 1.165) is 19.4 Å². The van der Waals surface area contributed by atoms with Gasteiger partial charge in [0.1, 0.15) is 6.61 Å². The molecule has 23 heavy (non-hydrogen) atoms. The first kappa shape index (κ1) is 21.3. The Bertz CT molecular complexity index is 397. The van der Waals surface area contributed by atoms with Crippen molar-refractivity contribution in [3.8, 4) is 0 Å². The number of nitrogens with zero attached hydrogens (tertiary/aromatic N) is 1. The Kier molecular flexibility index (Phi) is 10.9. The van der Waals surface area contributed by atoms with E-state index in [1.54, 1.807) is 11.8 Å². The van der Waals surface area contributed by atoms with Crippen molar-refractivity contribution in [1.29, 1.82) is 0 Å². The van der Waals surface area contributed by atoms with Gasteiger partial charge in [-0.2, -0.15) is 0 Å². The van der Waals surface area contributed by atoms with Crippen LogP contribution in [0.1, 0.15) is 19.8 Å². The van der Waals surface area contributed by atoms with Gasteiger partial charge in [0.25, 0.3) is 0 Å². The number of hydrogen-bond acceptors (Lipinski definition) is 5. The highest BCUT2D eigenvalue weighted by Crippen LogP contribution is 2.12. The van der Waals surface area contributed by atoms with Crippen LogP contribution in [0, 0.1) is 0 Å². The van der Waals surface area contributed by atoms with E-state index in [-0.39, 0.29) is 23.5 Å². The van der Waals surface area contributed by atoms with Crippen molar-refractivity contribution < 1.29 is 29.3 Å². The van der Waals surface area contributed by atoms with Crippen molar-refractivity contribution in [2.75, 3.05) is 39.5 Å². The lowest BCUT2D eigenvalue weighted by molar-refractivity contribution is -0.142. The van der Waals surface area contributed by atoms with Crippen molar-refractivity contribution in [3.05, 3.63) is 24.8 Å². The molecule has 1 atom stereocenters. The quantitative estimate of drug-likeness (QED) is 0.617. The molecule has 2 fully saturated rings. The molecule has 131 valence electrons. The van der Waals surface area contributed by atoms with E-state index in [9.17, 15) is 9.59 Å². The molecule has 2 aliphatic heterocycles. The average Bonchev–Trinajstić information content (AvgIpc) is 3.06. The van der Waals surface area contributed by atoms with Gasteiger partial charge in [-0.15, -0.1) is 0 Å². The van der Waals surface area contributed by atoms with Crippen molar-refractivity contribution in [3.63, 3.8) is 0 Å². The van der Waals surface area contributed by atoms with E-state index in [0.29, 0.717) is 38.5 Å². The lowest BCUT2D eigenvalue weighted by Crippen LogP contribution is -2.39. The molecule has 0 saturated carbocycles.